The zero-order valence-corrected chi connectivity index (χ0v) is 8.56. The molecule has 4 nitrogen and oxygen atoms in total. The standard InChI is InChI=1S/C6H5BrFNO3S/c7-5-3(8)1-2-4(6(5)10)13(9,11)12/h1-2,10H,(H2,9,11,12). The summed E-state index contributed by atoms with van der Waals surface area (Å²) in [6.45, 7) is 0. The summed E-state index contributed by atoms with van der Waals surface area (Å²) in [5.41, 5.74) is 0. The summed E-state index contributed by atoms with van der Waals surface area (Å²) < 4.78 is 34.0. The molecular formula is C6H5BrFNO3S. The lowest BCUT2D eigenvalue weighted by molar-refractivity contribution is 0.447. The van der Waals surface area contributed by atoms with Crippen molar-refractivity contribution in [1.29, 1.82) is 0 Å². The Morgan fingerprint density at radius 3 is 2.46 bits per heavy atom. The molecule has 0 atom stereocenters. The maximum atomic E-state index is 12.7. The summed E-state index contributed by atoms with van der Waals surface area (Å²) in [6, 6.07) is 1.79. The van der Waals surface area contributed by atoms with Crippen LogP contribution >= 0.6 is 15.9 Å². The van der Waals surface area contributed by atoms with Gasteiger partial charge in [0.15, 0.2) is 5.75 Å². The highest BCUT2D eigenvalue weighted by atomic mass is 79.9. The van der Waals surface area contributed by atoms with Crippen LogP contribution in [0.2, 0.25) is 0 Å². The highest BCUT2D eigenvalue weighted by Crippen LogP contribution is 2.32. The molecule has 1 aromatic carbocycles. The third kappa shape index (κ3) is 1.98. The molecule has 7 heteroatoms. The van der Waals surface area contributed by atoms with Crippen molar-refractivity contribution in [3.8, 4) is 5.75 Å². The Kier molecular flexibility index (Phi) is 2.60. The van der Waals surface area contributed by atoms with E-state index in [1.54, 1.807) is 0 Å². The molecule has 0 aliphatic heterocycles. The van der Waals surface area contributed by atoms with E-state index >= 15 is 0 Å². The number of benzene rings is 1. The molecular weight excluding hydrogens is 265 g/mol. The van der Waals surface area contributed by atoms with Gasteiger partial charge in [-0.2, -0.15) is 0 Å². The number of sulfonamides is 1. The molecule has 0 aliphatic rings. The van der Waals surface area contributed by atoms with Gasteiger partial charge in [0.05, 0.1) is 4.47 Å². The van der Waals surface area contributed by atoms with Crippen molar-refractivity contribution in [1.82, 2.24) is 0 Å². The minimum absolute atomic E-state index is 0.320. The normalized spacial score (nSPS) is 11.6. The van der Waals surface area contributed by atoms with Crippen LogP contribution < -0.4 is 5.14 Å². The maximum Gasteiger partial charge on any atom is 0.241 e. The van der Waals surface area contributed by atoms with E-state index < -0.39 is 26.5 Å². The van der Waals surface area contributed by atoms with Crippen molar-refractivity contribution in [2.24, 2.45) is 5.14 Å². The molecule has 72 valence electrons. The summed E-state index contributed by atoms with van der Waals surface area (Å²) >= 11 is 2.68. The van der Waals surface area contributed by atoms with Gasteiger partial charge in [-0.1, -0.05) is 0 Å². The second-order valence-corrected chi connectivity index (χ2v) is 4.58. The summed E-state index contributed by atoms with van der Waals surface area (Å²) in [5, 5.41) is 13.9. The van der Waals surface area contributed by atoms with Crippen LogP contribution in [0.4, 0.5) is 4.39 Å². The van der Waals surface area contributed by atoms with Crippen LogP contribution in [0, 0.1) is 5.82 Å². The Labute approximate surface area is 82.4 Å². The number of halogens is 2. The summed E-state index contributed by atoms with van der Waals surface area (Å²) in [4.78, 5) is -0.513. The Morgan fingerprint density at radius 2 is 2.00 bits per heavy atom. The molecule has 0 unspecified atom stereocenters. The quantitative estimate of drug-likeness (QED) is 0.796. The van der Waals surface area contributed by atoms with E-state index in [2.05, 4.69) is 15.9 Å². The number of hydrogen-bond acceptors (Lipinski definition) is 3. The Morgan fingerprint density at radius 1 is 1.46 bits per heavy atom. The lowest BCUT2D eigenvalue weighted by Gasteiger charge is -2.03. The average Bonchev–Trinajstić information content (AvgIpc) is 1.98. The zero-order valence-electron chi connectivity index (χ0n) is 6.16. The number of hydrogen-bond donors (Lipinski definition) is 2. The first-order chi connectivity index (χ1) is 5.84. The number of primary sulfonamides is 1. The van der Waals surface area contributed by atoms with Crippen LogP contribution in [-0.2, 0) is 10.0 Å². The fourth-order valence-electron chi connectivity index (χ4n) is 0.752. The van der Waals surface area contributed by atoms with E-state index in [9.17, 15) is 12.8 Å². The molecule has 0 fully saturated rings. The number of rotatable bonds is 1. The van der Waals surface area contributed by atoms with E-state index in [0.29, 0.717) is 0 Å². The monoisotopic (exact) mass is 269 g/mol. The summed E-state index contributed by atoms with van der Waals surface area (Å²) in [7, 11) is -4.02. The number of nitrogens with two attached hydrogens (primary N) is 1. The molecule has 0 bridgehead atoms. The topological polar surface area (TPSA) is 80.4 Å². The highest BCUT2D eigenvalue weighted by Gasteiger charge is 2.18. The largest absolute Gasteiger partial charge is 0.505 e. The van der Waals surface area contributed by atoms with Crippen LogP contribution in [0.15, 0.2) is 21.5 Å². The van der Waals surface area contributed by atoms with Crippen LogP contribution in [0.5, 0.6) is 5.75 Å². The lowest BCUT2D eigenvalue weighted by Crippen LogP contribution is -2.12. The third-order valence-corrected chi connectivity index (χ3v) is 3.04. The van der Waals surface area contributed by atoms with Gasteiger partial charge in [-0.05, 0) is 28.1 Å². The maximum absolute atomic E-state index is 12.7. The first-order valence-electron chi connectivity index (χ1n) is 3.04. The Balaban J connectivity index is 3.53. The van der Waals surface area contributed by atoms with Crippen molar-refractivity contribution in [3.05, 3.63) is 22.4 Å². The second kappa shape index (κ2) is 3.24. The number of phenols is 1. The minimum Gasteiger partial charge on any atom is -0.505 e. The second-order valence-electron chi connectivity index (χ2n) is 2.25. The fourth-order valence-corrected chi connectivity index (χ4v) is 1.86. The molecule has 0 heterocycles. The number of aromatic hydroxyl groups is 1. The highest BCUT2D eigenvalue weighted by molar-refractivity contribution is 9.10. The molecule has 0 spiro atoms. The fraction of sp³-hybridized carbons (Fsp3) is 0. The Bertz CT molecular complexity index is 445. The SMILES string of the molecule is NS(=O)(=O)c1ccc(F)c(Br)c1O. The van der Waals surface area contributed by atoms with Crippen LogP contribution in [0.1, 0.15) is 0 Å². The van der Waals surface area contributed by atoms with Gasteiger partial charge in [-0.15, -0.1) is 0 Å². The van der Waals surface area contributed by atoms with Crippen molar-refractivity contribution in [2.75, 3.05) is 0 Å². The lowest BCUT2D eigenvalue weighted by atomic mass is 10.3. The Hall–Kier alpha value is -0.660. The van der Waals surface area contributed by atoms with Crippen LogP contribution in [-0.4, -0.2) is 13.5 Å². The predicted octanol–water partition coefficient (Wildman–Crippen LogP) is 0.941. The average molecular weight is 270 g/mol. The van der Waals surface area contributed by atoms with Gasteiger partial charge < -0.3 is 5.11 Å². The molecule has 3 N–H and O–H groups in total. The molecule has 0 saturated carbocycles. The molecule has 0 aliphatic carbocycles. The van der Waals surface area contributed by atoms with Gasteiger partial charge in [0.1, 0.15) is 10.7 Å². The van der Waals surface area contributed by atoms with E-state index in [0.717, 1.165) is 12.1 Å². The van der Waals surface area contributed by atoms with E-state index in [-0.39, 0.29) is 4.47 Å². The van der Waals surface area contributed by atoms with Gasteiger partial charge in [-0.25, -0.2) is 17.9 Å². The van der Waals surface area contributed by atoms with E-state index in [1.165, 1.54) is 0 Å². The van der Waals surface area contributed by atoms with Crippen molar-refractivity contribution < 1.29 is 17.9 Å². The van der Waals surface area contributed by atoms with Gasteiger partial charge in [-0.3, -0.25) is 0 Å². The molecule has 0 radical (unpaired) electrons. The third-order valence-electron chi connectivity index (χ3n) is 1.34. The van der Waals surface area contributed by atoms with Crippen LogP contribution in [0.3, 0.4) is 0 Å². The van der Waals surface area contributed by atoms with E-state index in [4.69, 9.17) is 10.2 Å². The number of phenolic OH excluding ortho intramolecular Hbond substituents is 1. The summed E-state index contributed by atoms with van der Waals surface area (Å²) in [6.07, 6.45) is 0. The van der Waals surface area contributed by atoms with Crippen molar-refractivity contribution in [3.63, 3.8) is 0 Å². The minimum atomic E-state index is -4.02. The molecule has 1 aromatic rings. The van der Waals surface area contributed by atoms with Gasteiger partial charge in [0.2, 0.25) is 10.0 Å². The molecule has 0 aromatic heterocycles. The van der Waals surface area contributed by atoms with Crippen LogP contribution in [0.25, 0.3) is 0 Å². The summed E-state index contributed by atoms with van der Waals surface area (Å²) in [5.74, 6) is -1.48. The molecule has 0 saturated heterocycles. The van der Waals surface area contributed by atoms with Gasteiger partial charge in [0, 0.05) is 0 Å². The molecule has 13 heavy (non-hydrogen) atoms. The van der Waals surface area contributed by atoms with Gasteiger partial charge >= 0.3 is 0 Å². The van der Waals surface area contributed by atoms with Crippen molar-refractivity contribution >= 4 is 26.0 Å². The first-order valence-corrected chi connectivity index (χ1v) is 5.37. The molecule has 0 amide bonds. The predicted molar refractivity (Wildman–Crippen MR) is 47.1 cm³/mol. The smallest absolute Gasteiger partial charge is 0.241 e. The first kappa shape index (κ1) is 10.4. The van der Waals surface area contributed by atoms with Gasteiger partial charge in [0.25, 0.3) is 0 Å². The molecule has 1 rings (SSSR count). The van der Waals surface area contributed by atoms with E-state index in [1.807, 2.05) is 0 Å². The zero-order chi connectivity index (χ0) is 10.2. The van der Waals surface area contributed by atoms with Crippen molar-refractivity contribution in [2.45, 2.75) is 4.90 Å².